The Balaban J connectivity index is 2.08. The zero-order valence-corrected chi connectivity index (χ0v) is 12.8. The summed E-state index contributed by atoms with van der Waals surface area (Å²) in [5.41, 5.74) is 0.463. The second-order valence-corrected chi connectivity index (χ2v) is 7.54. The molecule has 1 fully saturated rings. The minimum Gasteiger partial charge on any atom is -0.391 e. The normalized spacial score (nSPS) is 22.5. The van der Waals surface area contributed by atoms with Crippen LogP contribution in [-0.2, 0) is 10.0 Å². The van der Waals surface area contributed by atoms with Crippen LogP contribution in [0, 0.1) is 17.2 Å². The van der Waals surface area contributed by atoms with Gasteiger partial charge in [-0.25, -0.2) is 17.7 Å². The zero-order chi connectivity index (χ0) is 15.6. The molecule has 1 aromatic heterocycles. The van der Waals surface area contributed by atoms with Crippen molar-refractivity contribution in [3.05, 3.63) is 23.9 Å². The number of nitriles is 1. The van der Waals surface area contributed by atoms with Crippen molar-refractivity contribution in [2.45, 2.75) is 6.10 Å². The Kier molecular flexibility index (Phi) is 4.46. The third kappa shape index (κ3) is 3.50. The number of rotatable bonds is 4. The molecule has 7 nitrogen and oxygen atoms in total. The molecule has 1 aromatic rings. The van der Waals surface area contributed by atoms with Gasteiger partial charge in [0.15, 0.2) is 0 Å². The molecule has 0 spiro atoms. The second-order valence-electron chi connectivity index (χ2n) is 5.31. The van der Waals surface area contributed by atoms with Crippen LogP contribution in [0.3, 0.4) is 0 Å². The van der Waals surface area contributed by atoms with E-state index in [0.717, 1.165) is 0 Å². The summed E-state index contributed by atoms with van der Waals surface area (Å²) >= 11 is 0. The molecule has 2 rings (SSSR count). The Hall–Kier alpha value is -1.69. The van der Waals surface area contributed by atoms with Gasteiger partial charge in [0.25, 0.3) is 0 Å². The number of nitrogens with zero attached hydrogens (tertiary/aromatic N) is 4. The van der Waals surface area contributed by atoms with Crippen LogP contribution in [0.25, 0.3) is 0 Å². The molecule has 0 bridgehead atoms. The first-order valence-electron chi connectivity index (χ1n) is 6.53. The molecule has 0 saturated carbocycles. The highest BCUT2D eigenvalue weighted by molar-refractivity contribution is 7.89. The number of sulfonamides is 1. The summed E-state index contributed by atoms with van der Waals surface area (Å²) in [5.74, 6) is 0.196. The molecule has 114 valence electrons. The summed E-state index contributed by atoms with van der Waals surface area (Å²) < 4.78 is 25.0. The topological polar surface area (TPSA) is 97.5 Å². The maximum atomic E-state index is 11.9. The maximum Gasteiger partial charge on any atom is 0.214 e. The summed E-state index contributed by atoms with van der Waals surface area (Å²) in [6, 6.07) is 5.34. The fourth-order valence-corrected chi connectivity index (χ4v) is 3.43. The number of pyridine rings is 1. The molecule has 21 heavy (non-hydrogen) atoms. The van der Waals surface area contributed by atoms with Crippen LogP contribution in [-0.4, -0.2) is 61.9 Å². The lowest BCUT2D eigenvalue weighted by Crippen LogP contribution is -2.33. The van der Waals surface area contributed by atoms with Crippen LogP contribution >= 0.6 is 0 Å². The van der Waals surface area contributed by atoms with E-state index >= 15 is 0 Å². The van der Waals surface area contributed by atoms with Gasteiger partial charge in [-0.15, -0.1) is 0 Å². The molecule has 2 heterocycles. The molecule has 2 atom stereocenters. The van der Waals surface area contributed by atoms with E-state index in [9.17, 15) is 13.5 Å². The molecule has 1 aliphatic heterocycles. The molecule has 1 saturated heterocycles. The highest BCUT2D eigenvalue weighted by Gasteiger charge is 2.35. The predicted molar refractivity (Wildman–Crippen MR) is 78.1 cm³/mol. The van der Waals surface area contributed by atoms with Crippen LogP contribution in [0.5, 0.6) is 0 Å². The maximum absolute atomic E-state index is 11.9. The molecule has 1 N–H and O–H groups in total. The van der Waals surface area contributed by atoms with Crippen molar-refractivity contribution in [1.29, 1.82) is 5.26 Å². The molecule has 0 aliphatic carbocycles. The SMILES string of the molecule is CN(C)S(=O)(=O)C[C@@H]1CN(c2ccc(C#N)cn2)C[C@H]1O. The number of hydrogen-bond donors (Lipinski definition) is 1. The number of aliphatic hydroxyl groups excluding tert-OH is 1. The van der Waals surface area contributed by atoms with E-state index in [2.05, 4.69) is 4.98 Å². The first kappa shape index (κ1) is 15.7. The quantitative estimate of drug-likeness (QED) is 0.816. The summed E-state index contributed by atoms with van der Waals surface area (Å²) in [6.07, 6.45) is 0.753. The van der Waals surface area contributed by atoms with Crippen LogP contribution in [0.15, 0.2) is 18.3 Å². The lowest BCUT2D eigenvalue weighted by Gasteiger charge is -2.18. The Bertz CT molecular complexity index is 636. The zero-order valence-electron chi connectivity index (χ0n) is 12.0. The monoisotopic (exact) mass is 310 g/mol. The van der Waals surface area contributed by atoms with Crippen LogP contribution in [0.4, 0.5) is 5.82 Å². The van der Waals surface area contributed by atoms with Crippen LogP contribution in [0.2, 0.25) is 0 Å². The Morgan fingerprint density at radius 1 is 1.48 bits per heavy atom. The minimum atomic E-state index is -3.35. The predicted octanol–water partition coefficient (Wildman–Crippen LogP) is -0.358. The number of aliphatic hydroxyl groups is 1. The van der Waals surface area contributed by atoms with Crippen molar-refractivity contribution in [2.75, 3.05) is 37.8 Å². The van der Waals surface area contributed by atoms with Gasteiger partial charge in [-0.3, -0.25) is 0 Å². The van der Waals surface area contributed by atoms with E-state index in [4.69, 9.17) is 5.26 Å². The van der Waals surface area contributed by atoms with Crippen LogP contribution < -0.4 is 4.90 Å². The Morgan fingerprint density at radius 3 is 2.71 bits per heavy atom. The number of aromatic nitrogens is 1. The van der Waals surface area contributed by atoms with Crippen molar-refractivity contribution in [3.63, 3.8) is 0 Å². The van der Waals surface area contributed by atoms with Crippen molar-refractivity contribution in [1.82, 2.24) is 9.29 Å². The Labute approximate surface area is 124 Å². The van der Waals surface area contributed by atoms with Crippen molar-refractivity contribution in [3.8, 4) is 6.07 Å². The van der Waals surface area contributed by atoms with Crippen LogP contribution in [0.1, 0.15) is 5.56 Å². The fourth-order valence-electron chi connectivity index (χ4n) is 2.26. The van der Waals surface area contributed by atoms with E-state index in [1.165, 1.54) is 24.6 Å². The van der Waals surface area contributed by atoms with Gasteiger partial charge in [-0.1, -0.05) is 0 Å². The average molecular weight is 310 g/mol. The van der Waals surface area contributed by atoms with E-state index in [1.54, 1.807) is 12.1 Å². The minimum absolute atomic E-state index is 0.0893. The first-order valence-corrected chi connectivity index (χ1v) is 8.14. The lowest BCUT2D eigenvalue weighted by atomic mass is 10.1. The van der Waals surface area contributed by atoms with Gasteiger partial charge in [0, 0.05) is 39.3 Å². The van der Waals surface area contributed by atoms with E-state index < -0.39 is 16.1 Å². The largest absolute Gasteiger partial charge is 0.391 e. The van der Waals surface area contributed by atoms with Gasteiger partial charge in [-0.2, -0.15) is 5.26 Å². The third-order valence-electron chi connectivity index (χ3n) is 3.59. The smallest absolute Gasteiger partial charge is 0.214 e. The summed E-state index contributed by atoms with van der Waals surface area (Å²) in [6.45, 7) is 0.764. The third-order valence-corrected chi connectivity index (χ3v) is 5.55. The van der Waals surface area contributed by atoms with E-state index in [-0.39, 0.29) is 11.7 Å². The number of β-amino-alcohol motifs (C(OH)–C–C–N with tert-alkyl or cyclic N) is 1. The average Bonchev–Trinajstić information content (AvgIpc) is 2.79. The highest BCUT2D eigenvalue weighted by atomic mass is 32.2. The standard InChI is InChI=1S/C13H18N4O3S/c1-16(2)21(19,20)9-11-7-17(8-12(11)18)13-4-3-10(5-14)6-15-13/h3-4,6,11-12,18H,7-9H2,1-2H3/t11-,12+/m0/s1. The molecule has 0 amide bonds. The number of hydrogen-bond acceptors (Lipinski definition) is 6. The van der Waals surface area contributed by atoms with Gasteiger partial charge >= 0.3 is 0 Å². The van der Waals surface area contributed by atoms with E-state index in [1.807, 2.05) is 11.0 Å². The summed E-state index contributed by atoms with van der Waals surface area (Å²) in [4.78, 5) is 6.00. The lowest BCUT2D eigenvalue weighted by molar-refractivity contribution is 0.157. The van der Waals surface area contributed by atoms with Crippen molar-refractivity contribution in [2.24, 2.45) is 5.92 Å². The molecule has 0 radical (unpaired) electrons. The van der Waals surface area contributed by atoms with E-state index in [0.29, 0.717) is 24.5 Å². The van der Waals surface area contributed by atoms with Crippen molar-refractivity contribution >= 4 is 15.8 Å². The summed E-state index contributed by atoms with van der Waals surface area (Å²) in [7, 11) is -0.382. The number of anilines is 1. The van der Waals surface area contributed by atoms with Gasteiger partial charge in [0.05, 0.1) is 17.4 Å². The Morgan fingerprint density at radius 2 is 2.19 bits per heavy atom. The van der Waals surface area contributed by atoms with Crippen molar-refractivity contribution < 1.29 is 13.5 Å². The highest BCUT2D eigenvalue weighted by Crippen LogP contribution is 2.24. The van der Waals surface area contributed by atoms with Gasteiger partial charge in [0.2, 0.25) is 10.0 Å². The summed E-state index contributed by atoms with van der Waals surface area (Å²) in [5, 5.41) is 18.8. The molecule has 1 aliphatic rings. The molecule has 0 unspecified atom stereocenters. The second kappa shape index (κ2) is 5.97. The van der Waals surface area contributed by atoms with Gasteiger partial charge in [0.1, 0.15) is 11.9 Å². The molecular formula is C13H18N4O3S. The fraction of sp³-hybridized carbons (Fsp3) is 0.538. The molecule has 0 aromatic carbocycles. The van der Waals surface area contributed by atoms with Gasteiger partial charge in [-0.05, 0) is 12.1 Å². The molecule has 8 heteroatoms. The van der Waals surface area contributed by atoms with Gasteiger partial charge < -0.3 is 10.0 Å². The first-order chi connectivity index (χ1) is 9.83. The molecular weight excluding hydrogens is 292 g/mol.